The van der Waals surface area contributed by atoms with E-state index in [2.05, 4.69) is 9.97 Å². The van der Waals surface area contributed by atoms with Gasteiger partial charge >= 0.3 is 5.97 Å². The van der Waals surface area contributed by atoms with Crippen LogP contribution < -0.4 is 0 Å². The zero-order chi connectivity index (χ0) is 23.8. The molecule has 1 atom stereocenters. The predicted octanol–water partition coefficient (Wildman–Crippen LogP) is 6.29. The van der Waals surface area contributed by atoms with Crippen LogP contribution in [0.15, 0.2) is 65.8 Å². The number of thioether (sulfide) groups is 1. The Morgan fingerprint density at radius 3 is 2.53 bits per heavy atom. The maximum atomic E-state index is 13.9. The average molecular weight is 488 g/mol. The molecular weight excluding hydrogens is 466 g/mol. The highest BCUT2D eigenvalue weighted by atomic mass is 32.2. The lowest BCUT2D eigenvalue weighted by atomic mass is 10.0. The highest BCUT2D eigenvalue weighted by molar-refractivity contribution is 8.00. The van der Waals surface area contributed by atoms with Crippen molar-refractivity contribution < 1.29 is 14.3 Å². The van der Waals surface area contributed by atoms with Gasteiger partial charge in [0, 0.05) is 28.0 Å². The number of carbonyl (C=O) groups is 2. The van der Waals surface area contributed by atoms with Crippen LogP contribution in [0.3, 0.4) is 0 Å². The molecule has 0 aliphatic heterocycles. The Hall–Kier alpha value is -3.49. The molecule has 34 heavy (non-hydrogen) atoms. The third kappa shape index (κ3) is 3.89. The summed E-state index contributed by atoms with van der Waals surface area (Å²) in [5.74, 6) is 0.168. The van der Waals surface area contributed by atoms with E-state index in [1.807, 2.05) is 68.4 Å². The first-order chi connectivity index (χ1) is 16.5. The summed E-state index contributed by atoms with van der Waals surface area (Å²) < 4.78 is 4.95. The number of hydrogen-bond donors (Lipinski definition) is 1. The van der Waals surface area contributed by atoms with Crippen molar-refractivity contribution in [2.45, 2.75) is 24.1 Å². The number of methoxy groups -OCH3 is 1. The number of aromatic amines is 1. The molecule has 3 aromatic heterocycles. The van der Waals surface area contributed by atoms with Crippen LogP contribution in [0.25, 0.3) is 21.1 Å². The van der Waals surface area contributed by atoms with Crippen molar-refractivity contribution in [3.63, 3.8) is 0 Å². The first-order valence-corrected chi connectivity index (χ1v) is 12.4. The lowest BCUT2D eigenvalue weighted by molar-refractivity contribution is 0.0605. The van der Waals surface area contributed by atoms with Crippen molar-refractivity contribution in [2.75, 3.05) is 7.11 Å². The number of H-pyrrole nitrogens is 1. The number of nitrogens with zero attached hydrogens (tertiary/aromatic N) is 2. The molecule has 8 heteroatoms. The highest BCUT2D eigenvalue weighted by Gasteiger charge is 2.29. The van der Waals surface area contributed by atoms with Crippen molar-refractivity contribution in [3.8, 4) is 0 Å². The van der Waals surface area contributed by atoms with Crippen LogP contribution >= 0.6 is 23.1 Å². The quantitative estimate of drug-likeness (QED) is 0.131. The zero-order valence-corrected chi connectivity index (χ0v) is 20.4. The maximum absolute atomic E-state index is 13.9. The van der Waals surface area contributed by atoms with Gasteiger partial charge < -0.3 is 9.72 Å². The van der Waals surface area contributed by atoms with Gasteiger partial charge in [-0.2, -0.15) is 0 Å². The summed E-state index contributed by atoms with van der Waals surface area (Å²) in [5, 5.41) is 1.82. The standard InChI is InChI=1S/C26H21N3O3S2/c1-14-20-24(33-22(14)26(31)32-3)28-15(2)29-25(20)34-23(16-9-5-4-6-10-16)21(30)18-13-27-19-12-8-7-11-17(18)19/h4-13,23,27H,1-3H3/t23-/m0/s1. The van der Waals surface area contributed by atoms with Crippen LogP contribution in [-0.2, 0) is 4.74 Å². The van der Waals surface area contributed by atoms with Gasteiger partial charge in [0.15, 0.2) is 5.78 Å². The number of esters is 1. The van der Waals surface area contributed by atoms with E-state index in [1.54, 1.807) is 6.20 Å². The van der Waals surface area contributed by atoms with E-state index in [9.17, 15) is 9.59 Å². The van der Waals surface area contributed by atoms with Crippen LogP contribution in [-0.4, -0.2) is 33.8 Å². The van der Waals surface area contributed by atoms with Gasteiger partial charge in [0.2, 0.25) is 0 Å². The molecule has 0 aliphatic carbocycles. The first kappa shape index (κ1) is 22.3. The molecule has 0 aliphatic rings. The van der Waals surface area contributed by atoms with Gasteiger partial charge in [0.1, 0.15) is 20.6 Å². The van der Waals surface area contributed by atoms with E-state index < -0.39 is 11.2 Å². The zero-order valence-electron chi connectivity index (χ0n) is 18.8. The summed E-state index contributed by atoms with van der Waals surface area (Å²) in [5.41, 5.74) is 3.20. The fraction of sp³-hybridized carbons (Fsp3) is 0.154. The molecule has 2 aromatic carbocycles. The number of ether oxygens (including phenoxy) is 1. The second-order valence-electron chi connectivity index (χ2n) is 7.82. The molecule has 0 bridgehead atoms. The Bertz CT molecular complexity index is 1540. The molecule has 170 valence electrons. The number of aryl methyl sites for hydroxylation is 2. The van der Waals surface area contributed by atoms with E-state index in [1.165, 1.54) is 30.2 Å². The van der Waals surface area contributed by atoms with Crippen molar-refractivity contribution in [3.05, 3.63) is 88.2 Å². The summed E-state index contributed by atoms with van der Waals surface area (Å²) in [7, 11) is 1.37. The summed E-state index contributed by atoms with van der Waals surface area (Å²) in [6.45, 7) is 3.68. The van der Waals surface area contributed by atoms with Crippen molar-refractivity contribution in [1.82, 2.24) is 15.0 Å². The number of para-hydroxylation sites is 1. The molecule has 0 amide bonds. The Morgan fingerprint density at radius 2 is 1.76 bits per heavy atom. The number of hydrogen-bond acceptors (Lipinski definition) is 7. The lowest BCUT2D eigenvalue weighted by Crippen LogP contribution is -2.10. The lowest BCUT2D eigenvalue weighted by Gasteiger charge is -2.16. The smallest absolute Gasteiger partial charge is 0.348 e. The monoisotopic (exact) mass is 487 g/mol. The summed E-state index contributed by atoms with van der Waals surface area (Å²) in [6, 6.07) is 17.5. The molecule has 0 saturated heterocycles. The van der Waals surface area contributed by atoms with E-state index in [4.69, 9.17) is 9.72 Å². The second-order valence-corrected chi connectivity index (χ2v) is 9.92. The van der Waals surface area contributed by atoms with Crippen LogP contribution in [0, 0.1) is 13.8 Å². The molecule has 3 heterocycles. The fourth-order valence-electron chi connectivity index (χ4n) is 4.01. The summed E-state index contributed by atoms with van der Waals surface area (Å²) in [4.78, 5) is 39.9. The van der Waals surface area contributed by atoms with E-state index in [0.717, 1.165) is 27.4 Å². The van der Waals surface area contributed by atoms with Crippen LogP contribution in [0.4, 0.5) is 0 Å². The molecule has 5 rings (SSSR count). The van der Waals surface area contributed by atoms with Gasteiger partial charge in [-0.05, 0) is 31.0 Å². The van der Waals surface area contributed by atoms with Crippen molar-refractivity contribution >= 4 is 56.0 Å². The van der Waals surface area contributed by atoms with Gasteiger partial charge in [0.05, 0.1) is 12.4 Å². The van der Waals surface area contributed by atoms with E-state index >= 15 is 0 Å². The highest BCUT2D eigenvalue weighted by Crippen LogP contribution is 2.43. The SMILES string of the molecule is COC(=O)c1sc2nc(C)nc(S[C@H](C(=O)c3c[nH]c4ccccc34)c3ccccc3)c2c1C. The number of thiophene rings is 1. The molecular formula is C26H21N3O3S2. The first-order valence-electron chi connectivity index (χ1n) is 10.7. The van der Waals surface area contributed by atoms with Crippen molar-refractivity contribution in [1.29, 1.82) is 0 Å². The fourth-order valence-corrected chi connectivity index (χ4v) is 6.52. The van der Waals surface area contributed by atoms with Gasteiger partial charge in [-0.25, -0.2) is 14.8 Å². The minimum absolute atomic E-state index is 0.0147. The second kappa shape index (κ2) is 9.04. The summed E-state index contributed by atoms with van der Waals surface area (Å²) >= 11 is 2.67. The number of carbonyl (C=O) groups excluding carboxylic acids is 2. The van der Waals surface area contributed by atoms with Crippen LogP contribution in [0.5, 0.6) is 0 Å². The Kier molecular flexibility index (Phi) is 5.93. The molecule has 0 radical (unpaired) electrons. The third-order valence-corrected chi connectivity index (χ3v) is 8.07. The van der Waals surface area contributed by atoms with Gasteiger partial charge in [-0.1, -0.05) is 60.3 Å². The van der Waals surface area contributed by atoms with Crippen LogP contribution in [0.2, 0.25) is 0 Å². The predicted molar refractivity (Wildman–Crippen MR) is 136 cm³/mol. The average Bonchev–Trinajstić information content (AvgIpc) is 3.43. The topological polar surface area (TPSA) is 84.9 Å². The van der Waals surface area contributed by atoms with Crippen molar-refractivity contribution in [2.24, 2.45) is 0 Å². The summed E-state index contributed by atoms with van der Waals surface area (Å²) in [6.07, 6.45) is 1.77. The largest absolute Gasteiger partial charge is 0.465 e. The number of nitrogens with one attached hydrogen (secondary N) is 1. The molecule has 1 N–H and O–H groups in total. The van der Waals surface area contributed by atoms with E-state index in [0.29, 0.717) is 26.1 Å². The number of aromatic nitrogens is 3. The Morgan fingerprint density at radius 1 is 1.03 bits per heavy atom. The van der Waals surface area contributed by atoms with Crippen LogP contribution in [0.1, 0.15) is 42.2 Å². The maximum Gasteiger partial charge on any atom is 0.348 e. The van der Waals surface area contributed by atoms with Gasteiger partial charge in [-0.15, -0.1) is 11.3 Å². The number of Topliss-reactive ketones (excluding diaryl/α,β-unsaturated/α-hetero) is 1. The minimum atomic E-state index is -0.529. The molecule has 5 aromatic rings. The molecule has 0 saturated carbocycles. The molecule has 6 nitrogen and oxygen atoms in total. The number of rotatable bonds is 6. The Labute approximate surface area is 204 Å². The number of fused-ring (bicyclic) bond motifs is 2. The van der Waals surface area contributed by atoms with Gasteiger partial charge in [0.25, 0.3) is 0 Å². The minimum Gasteiger partial charge on any atom is -0.465 e. The van der Waals surface area contributed by atoms with Gasteiger partial charge in [-0.3, -0.25) is 4.79 Å². The Balaban J connectivity index is 1.65. The molecule has 0 unspecified atom stereocenters. The normalized spacial score (nSPS) is 12.2. The van der Waals surface area contributed by atoms with E-state index in [-0.39, 0.29) is 5.78 Å². The molecule has 0 fully saturated rings. The number of benzene rings is 2. The third-order valence-electron chi connectivity index (χ3n) is 5.66. The number of ketones is 1. The molecule has 0 spiro atoms.